The molecule has 2 rings (SSSR count). The highest BCUT2D eigenvalue weighted by molar-refractivity contribution is 5.64. The van der Waals surface area contributed by atoms with E-state index in [9.17, 15) is 15.4 Å². The van der Waals surface area contributed by atoms with Crippen molar-refractivity contribution in [2.24, 2.45) is 0 Å². The lowest BCUT2D eigenvalue weighted by Crippen LogP contribution is -2.40. The summed E-state index contributed by atoms with van der Waals surface area (Å²) in [5, 5.41) is 20.9. The van der Waals surface area contributed by atoms with Crippen LogP contribution in [0.15, 0.2) is 18.2 Å². The number of anilines is 1. The third-order valence-electron chi connectivity index (χ3n) is 4.26. The average Bonchev–Trinajstić information content (AvgIpc) is 2.47. The van der Waals surface area contributed by atoms with Gasteiger partial charge in [-0.3, -0.25) is 10.1 Å². The van der Waals surface area contributed by atoms with E-state index in [2.05, 4.69) is 11.0 Å². The predicted molar refractivity (Wildman–Crippen MR) is 81.4 cm³/mol. The molecule has 1 aliphatic rings. The van der Waals surface area contributed by atoms with Gasteiger partial charge in [-0.2, -0.15) is 5.26 Å². The van der Waals surface area contributed by atoms with Gasteiger partial charge in [0.05, 0.1) is 16.4 Å². The van der Waals surface area contributed by atoms with Gasteiger partial charge in [-0.15, -0.1) is 0 Å². The maximum atomic E-state index is 11.3. The van der Waals surface area contributed by atoms with Gasteiger partial charge < -0.3 is 9.80 Å². The SMILES string of the molecule is CN1CCC(C#N)(c2ccc(N(C)C)c([N+](=O)[O-])c2)CC1. The van der Waals surface area contributed by atoms with Crippen molar-refractivity contribution in [2.75, 3.05) is 39.1 Å². The molecule has 0 bridgehead atoms. The molecule has 1 saturated heterocycles. The molecule has 1 aromatic rings. The Bertz CT molecular complexity index is 584. The molecule has 0 aliphatic carbocycles. The molecule has 1 aromatic carbocycles. The van der Waals surface area contributed by atoms with Gasteiger partial charge in [-0.1, -0.05) is 6.07 Å². The van der Waals surface area contributed by atoms with Gasteiger partial charge in [-0.05, 0) is 44.6 Å². The minimum Gasteiger partial charge on any atom is -0.372 e. The van der Waals surface area contributed by atoms with Crippen molar-refractivity contribution < 1.29 is 4.92 Å². The van der Waals surface area contributed by atoms with Crippen molar-refractivity contribution in [3.63, 3.8) is 0 Å². The Hall–Kier alpha value is -2.13. The smallest absolute Gasteiger partial charge is 0.292 e. The zero-order valence-corrected chi connectivity index (χ0v) is 12.7. The summed E-state index contributed by atoms with van der Waals surface area (Å²) >= 11 is 0. The predicted octanol–water partition coefficient (Wildman–Crippen LogP) is 2.15. The van der Waals surface area contributed by atoms with Crippen LogP contribution in [0.2, 0.25) is 0 Å². The number of nitriles is 1. The molecule has 0 N–H and O–H groups in total. The first-order chi connectivity index (χ1) is 9.89. The summed E-state index contributed by atoms with van der Waals surface area (Å²) in [6.45, 7) is 1.66. The van der Waals surface area contributed by atoms with Crippen molar-refractivity contribution in [1.29, 1.82) is 5.26 Å². The zero-order valence-electron chi connectivity index (χ0n) is 12.7. The van der Waals surface area contributed by atoms with Crippen molar-refractivity contribution >= 4 is 11.4 Å². The van der Waals surface area contributed by atoms with Crippen LogP contribution in [0.5, 0.6) is 0 Å². The Morgan fingerprint density at radius 3 is 2.48 bits per heavy atom. The zero-order chi connectivity index (χ0) is 15.6. The van der Waals surface area contributed by atoms with Gasteiger partial charge in [-0.25, -0.2) is 0 Å². The summed E-state index contributed by atoms with van der Waals surface area (Å²) < 4.78 is 0. The van der Waals surface area contributed by atoms with Gasteiger partial charge in [0.2, 0.25) is 0 Å². The maximum Gasteiger partial charge on any atom is 0.292 e. The molecule has 0 aromatic heterocycles. The molecule has 6 nitrogen and oxygen atoms in total. The Morgan fingerprint density at radius 1 is 1.38 bits per heavy atom. The number of hydrogen-bond donors (Lipinski definition) is 0. The van der Waals surface area contributed by atoms with E-state index in [1.54, 1.807) is 31.1 Å². The van der Waals surface area contributed by atoms with E-state index >= 15 is 0 Å². The summed E-state index contributed by atoms with van der Waals surface area (Å²) in [6.07, 6.45) is 1.41. The second-order valence-electron chi connectivity index (χ2n) is 5.85. The van der Waals surface area contributed by atoms with Crippen LogP contribution < -0.4 is 4.90 Å². The van der Waals surface area contributed by atoms with Crippen LogP contribution in [0.1, 0.15) is 18.4 Å². The lowest BCUT2D eigenvalue weighted by atomic mass is 9.74. The molecule has 6 heteroatoms. The minimum absolute atomic E-state index is 0.0612. The number of likely N-dealkylation sites (tertiary alicyclic amines) is 1. The first-order valence-electron chi connectivity index (χ1n) is 6.96. The summed E-state index contributed by atoms with van der Waals surface area (Å²) in [6, 6.07) is 7.58. The second kappa shape index (κ2) is 5.70. The van der Waals surface area contributed by atoms with Crippen molar-refractivity contribution in [2.45, 2.75) is 18.3 Å². The second-order valence-corrected chi connectivity index (χ2v) is 5.85. The van der Waals surface area contributed by atoms with E-state index in [0.717, 1.165) is 18.7 Å². The van der Waals surface area contributed by atoms with Crippen LogP contribution in [0.4, 0.5) is 11.4 Å². The fourth-order valence-electron chi connectivity index (χ4n) is 2.81. The monoisotopic (exact) mass is 288 g/mol. The molecule has 1 aliphatic heterocycles. The molecule has 21 heavy (non-hydrogen) atoms. The highest BCUT2D eigenvalue weighted by Gasteiger charge is 2.37. The van der Waals surface area contributed by atoms with Crippen LogP contribution in [0.25, 0.3) is 0 Å². The van der Waals surface area contributed by atoms with Crippen molar-refractivity contribution in [3.8, 4) is 6.07 Å². The first-order valence-corrected chi connectivity index (χ1v) is 6.96. The Labute approximate surface area is 124 Å². The fourth-order valence-corrected chi connectivity index (χ4v) is 2.81. The van der Waals surface area contributed by atoms with Crippen LogP contribution in [-0.2, 0) is 5.41 Å². The van der Waals surface area contributed by atoms with Crippen LogP contribution >= 0.6 is 0 Å². The summed E-state index contributed by atoms with van der Waals surface area (Å²) in [5.41, 5.74) is 0.772. The molecular formula is C15H20N4O2. The summed E-state index contributed by atoms with van der Waals surface area (Å²) in [4.78, 5) is 14.8. The molecule has 0 spiro atoms. The molecule has 1 heterocycles. The minimum atomic E-state index is -0.609. The average molecular weight is 288 g/mol. The number of benzene rings is 1. The van der Waals surface area contributed by atoms with Crippen LogP contribution in [0, 0.1) is 21.4 Å². The number of nitro groups is 1. The third kappa shape index (κ3) is 2.83. The highest BCUT2D eigenvalue weighted by Crippen LogP contribution is 2.38. The van der Waals surface area contributed by atoms with Gasteiger partial charge in [0.1, 0.15) is 5.69 Å². The molecular weight excluding hydrogens is 268 g/mol. The van der Waals surface area contributed by atoms with E-state index in [4.69, 9.17) is 0 Å². The molecule has 0 radical (unpaired) electrons. The molecule has 0 atom stereocenters. The Kier molecular flexibility index (Phi) is 4.14. The summed E-state index contributed by atoms with van der Waals surface area (Å²) in [7, 11) is 5.58. The summed E-state index contributed by atoms with van der Waals surface area (Å²) in [5.74, 6) is 0. The number of hydrogen-bond acceptors (Lipinski definition) is 5. The Balaban J connectivity index is 2.47. The van der Waals surface area contributed by atoms with E-state index in [1.165, 1.54) is 0 Å². The lowest BCUT2D eigenvalue weighted by Gasteiger charge is -2.35. The number of rotatable bonds is 3. The van der Waals surface area contributed by atoms with Crippen molar-refractivity contribution in [1.82, 2.24) is 4.90 Å². The standard InChI is InChI=1S/C15H20N4O2/c1-17(2)13-5-4-12(10-14(13)19(20)21)15(11-16)6-8-18(3)9-7-15/h4-5,10H,6-9H2,1-3H3. The van der Waals surface area contributed by atoms with E-state index in [0.29, 0.717) is 18.5 Å². The van der Waals surface area contributed by atoms with E-state index < -0.39 is 5.41 Å². The first kappa shape index (κ1) is 15.3. The topological polar surface area (TPSA) is 73.4 Å². The number of piperidine rings is 1. The maximum absolute atomic E-state index is 11.3. The van der Waals surface area contributed by atoms with Crippen molar-refractivity contribution in [3.05, 3.63) is 33.9 Å². The van der Waals surface area contributed by atoms with Gasteiger partial charge >= 0.3 is 0 Å². The van der Waals surface area contributed by atoms with Crippen LogP contribution in [-0.4, -0.2) is 44.1 Å². The Morgan fingerprint density at radius 2 is 2.00 bits per heavy atom. The van der Waals surface area contributed by atoms with Crippen LogP contribution in [0.3, 0.4) is 0 Å². The van der Waals surface area contributed by atoms with E-state index in [1.807, 2.05) is 13.1 Å². The number of nitro benzene ring substituents is 1. The largest absolute Gasteiger partial charge is 0.372 e. The molecule has 0 unspecified atom stereocenters. The van der Waals surface area contributed by atoms with Gasteiger partial charge in [0, 0.05) is 20.2 Å². The van der Waals surface area contributed by atoms with E-state index in [-0.39, 0.29) is 10.6 Å². The van der Waals surface area contributed by atoms with Gasteiger partial charge in [0.15, 0.2) is 0 Å². The molecule has 0 saturated carbocycles. The molecule has 112 valence electrons. The normalized spacial score (nSPS) is 18.0. The molecule has 0 amide bonds. The lowest BCUT2D eigenvalue weighted by molar-refractivity contribution is -0.384. The highest BCUT2D eigenvalue weighted by atomic mass is 16.6. The van der Waals surface area contributed by atoms with Gasteiger partial charge in [0.25, 0.3) is 5.69 Å². The quantitative estimate of drug-likeness (QED) is 0.629. The third-order valence-corrected chi connectivity index (χ3v) is 4.26. The number of nitrogens with zero attached hydrogens (tertiary/aromatic N) is 4. The molecule has 1 fully saturated rings. The fraction of sp³-hybridized carbons (Fsp3) is 0.533.